The molecule has 0 bridgehead atoms. The molecule has 1 heterocycles. The highest BCUT2D eigenvalue weighted by Crippen LogP contribution is 2.45. The smallest absolute Gasteiger partial charge is 0.0561 e. The molecular weight excluding hydrogens is 701 g/mol. The molecule has 0 amide bonds. The quantitative estimate of drug-likeness (QED) is 0.158. The summed E-state index contributed by atoms with van der Waals surface area (Å²) in [5.74, 6) is 0. The normalized spacial score (nSPS) is 11.4. The van der Waals surface area contributed by atoms with Gasteiger partial charge in [-0.1, -0.05) is 164 Å². The van der Waals surface area contributed by atoms with Gasteiger partial charge in [-0.2, -0.15) is 0 Å². The van der Waals surface area contributed by atoms with Gasteiger partial charge in [-0.25, -0.2) is 0 Å². The van der Waals surface area contributed by atoms with Crippen LogP contribution in [-0.4, -0.2) is 4.57 Å². The Kier molecular flexibility index (Phi) is 8.19. The molecule has 11 rings (SSSR count). The van der Waals surface area contributed by atoms with Gasteiger partial charge in [0.1, 0.15) is 0 Å². The fourth-order valence-corrected chi connectivity index (χ4v) is 8.68. The molecule has 0 spiro atoms. The van der Waals surface area contributed by atoms with Crippen LogP contribution in [0, 0.1) is 0 Å². The van der Waals surface area contributed by atoms with Crippen LogP contribution in [0.5, 0.6) is 0 Å². The number of para-hydroxylation sites is 2. The highest BCUT2D eigenvalue weighted by Gasteiger charge is 2.21. The van der Waals surface area contributed by atoms with Crippen LogP contribution in [0.1, 0.15) is 0 Å². The molecule has 1 aromatic heterocycles. The number of nitrogens with zero attached hydrogens (tertiary/aromatic N) is 2. The van der Waals surface area contributed by atoms with Crippen molar-refractivity contribution in [3.63, 3.8) is 0 Å². The van der Waals surface area contributed by atoms with Crippen molar-refractivity contribution >= 4 is 60.4 Å². The highest BCUT2D eigenvalue weighted by molar-refractivity contribution is 6.10. The monoisotopic (exact) mass is 738 g/mol. The Bertz CT molecular complexity index is 3270. The van der Waals surface area contributed by atoms with Crippen molar-refractivity contribution in [1.82, 2.24) is 4.57 Å². The molecule has 2 nitrogen and oxygen atoms in total. The van der Waals surface area contributed by atoms with Crippen LogP contribution in [0.25, 0.3) is 82.4 Å². The standard InChI is InChI=1S/C56H38N2/c1-3-13-39(14-4-1)42-27-30-49(31-28-42)57(50-32-33-52-51-21-11-12-22-54(51)58(56(52)38-50)48-19-5-2-6-20-48)55-34-29-46(45-25-23-40-15-7-9-17-43(40)35-45)37-53(55)47-26-24-41-16-8-10-18-44(41)36-47/h1-38H. The molecule has 0 saturated carbocycles. The van der Waals surface area contributed by atoms with E-state index in [0.29, 0.717) is 0 Å². The summed E-state index contributed by atoms with van der Waals surface area (Å²) < 4.78 is 2.40. The van der Waals surface area contributed by atoms with E-state index in [1.165, 1.54) is 65.7 Å². The second-order valence-electron chi connectivity index (χ2n) is 15.0. The van der Waals surface area contributed by atoms with Crippen LogP contribution < -0.4 is 4.90 Å². The third kappa shape index (κ3) is 5.91. The number of hydrogen-bond acceptors (Lipinski definition) is 1. The van der Waals surface area contributed by atoms with Crippen LogP contribution >= 0.6 is 0 Å². The van der Waals surface area contributed by atoms with Gasteiger partial charge in [0.2, 0.25) is 0 Å². The zero-order valence-electron chi connectivity index (χ0n) is 31.8. The van der Waals surface area contributed by atoms with Gasteiger partial charge >= 0.3 is 0 Å². The number of benzene rings is 10. The summed E-state index contributed by atoms with van der Waals surface area (Å²) in [6.07, 6.45) is 0. The van der Waals surface area contributed by atoms with Crippen molar-refractivity contribution in [2.24, 2.45) is 0 Å². The van der Waals surface area contributed by atoms with Crippen LogP contribution in [0.2, 0.25) is 0 Å². The summed E-state index contributed by atoms with van der Waals surface area (Å²) in [5, 5.41) is 7.39. The Morgan fingerprint density at radius 3 is 1.55 bits per heavy atom. The van der Waals surface area contributed by atoms with E-state index in [9.17, 15) is 0 Å². The van der Waals surface area contributed by atoms with Gasteiger partial charge in [-0.15, -0.1) is 0 Å². The number of rotatable bonds is 7. The fourth-order valence-electron chi connectivity index (χ4n) is 8.68. The van der Waals surface area contributed by atoms with E-state index in [1.54, 1.807) is 0 Å². The molecule has 0 atom stereocenters. The lowest BCUT2D eigenvalue weighted by Crippen LogP contribution is -2.11. The minimum atomic E-state index is 1.08. The van der Waals surface area contributed by atoms with E-state index in [1.807, 2.05) is 0 Å². The SMILES string of the molecule is c1ccc(-c2ccc(N(c3ccc4c5ccccc5n(-c5ccccc5)c4c3)c3ccc(-c4ccc5ccccc5c4)cc3-c3ccc4ccccc4c3)cc2)cc1. The Balaban J connectivity index is 1.17. The molecule has 2 heteroatoms. The average Bonchev–Trinajstić information content (AvgIpc) is 3.63. The summed E-state index contributed by atoms with van der Waals surface area (Å²) in [6, 6.07) is 83.9. The Labute approximate surface area is 338 Å². The minimum Gasteiger partial charge on any atom is -0.310 e. The average molecular weight is 739 g/mol. The van der Waals surface area contributed by atoms with Crippen molar-refractivity contribution in [2.45, 2.75) is 0 Å². The largest absolute Gasteiger partial charge is 0.310 e. The Morgan fingerprint density at radius 2 is 0.810 bits per heavy atom. The maximum atomic E-state index is 2.44. The van der Waals surface area contributed by atoms with Crippen molar-refractivity contribution in [1.29, 1.82) is 0 Å². The van der Waals surface area contributed by atoms with Crippen LogP contribution in [0.15, 0.2) is 231 Å². The minimum absolute atomic E-state index is 1.08. The molecule has 0 radical (unpaired) electrons. The molecule has 0 aliphatic rings. The van der Waals surface area contributed by atoms with E-state index < -0.39 is 0 Å². The lowest BCUT2D eigenvalue weighted by atomic mass is 9.93. The summed E-state index contributed by atoms with van der Waals surface area (Å²) in [7, 11) is 0. The van der Waals surface area contributed by atoms with Gasteiger partial charge in [0.15, 0.2) is 0 Å². The van der Waals surface area contributed by atoms with Crippen molar-refractivity contribution in [2.75, 3.05) is 4.90 Å². The van der Waals surface area contributed by atoms with Crippen LogP contribution in [0.4, 0.5) is 17.1 Å². The van der Waals surface area contributed by atoms with E-state index in [-0.39, 0.29) is 0 Å². The molecule has 0 fully saturated rings. The number of aromatic nitrogens is 1. The molecule has 0 aliphatic heterocycles. The Morgan fingerprint density at radius 1 is 0.293 bits per heavy atom. The van der Waals surface area contributed by atoms with Crippen molar-refractivity contribution < 1.29 is 0 Å². The second-order valence-corrected chi connectivity index (χ2v) is 15.0. The molecule has 10 aromatic carbocycles. The predicted molar refractivity (Wildman–Crippen MR) is 247 cm³/mol. The van der Waals surface area contributed by atoms with E-state index in [4.69, 9.17) is 0 Å². The summed E-state index contributed by atoms with van der Waals surface area (Å²) >= 11 is 0. The van der Waals surface area contributed by atoms with Gasteiger partial charge in [0, 0.05) is 33.4 Å². The van der Waals surface area contributed by atoms with Gasteiger partial charge in [0.05, 0.1) is 16.7 Å². The lowest BCUT2D eigenvalue weighted by molar-refractivity contribution is 1.18. The number of hydrogen-bond donors (Lipinski definition) is 0. The van der Waals surface area contributed by atoms with Gasteiger partial charge in [0.25, 0.3) is 0 Å². The molecule has 0 saturated heterocycles. The maximum Gasteiger partial charge on any atom is 0.0561 e. The third-order valence-corrected chi connectivity index (χ3v) is 11.5. The first-order valence-electron chi connectivity index (χ1n) is 19.9. The van der Waals surface area contributed by atoms with Gasteiger partial charge in [-0.3, -0.25) is 0 Å². The third-order valence-electron chi connectivity index (χ3n) is 11.5. The second kappa shape index (κ2) is 14.1. The molecule has 0 unspecified atom stereocenters. The highest BCUT2D eigenvalue weighted by atomic mass is 15.1. The first-order valence-corrected chi connectivity index (χ1v) is 19.9. The predicted octanol–water partition coefficient (Wildman–Crippen LogP) is 15.6. The summed E-state index contributed by atoms with van der Waals surface area (Å²) in [6.45, 7) is 0. The molecule has 272 valence electrons. The molecule has 58 heavy (non-hydrogen) atoms. The number of anilines is 3. The first kappa shape index (κ1) is 33.6. The van der Waals surface area contributed by atoms with E-state index >= 15 is 0 Å². The zero-order valence-corrected chi connectivity index (χ0v) is 31.8. The zero-order chi connectivity index (χ0) is 38.4. The van der Waals surface area contributed by atoms with E-state index in [2.05, 4.69) is 240 Å². The van der Waals surface area contributed by atoms with Crippen LogP contribution in [-0.2, 0) is 0 Å². The van der Waals surface area contributed by atoms with Crippen molar-refractivity contribution in [3.05, 3.63) is 231 Å². The van der Waals surface area contributed by atoms with Crippen molar-refractivity contribution in [3.8, 4) is 39.1 Å². The van der Waals surface area contributed by atoms with Crippen LogP contribution in [0.3, 0.4) is 0 Å². The number of fused-ring (bicyclic) bond motifs is 5. The summed E-state index contributed by atoms with van der Waals surface area (Å²) in [5.41, 5.74) is 13.9. The molecule has 11 aromatic rings. The molecule has 0 N–H and O–H groups in total. The van der Waals surface area contributed by atoms with E-state index in [0.717, 1.165) is 33.8 Å². The van der Waals surface area contributed by atoms with Gasteiger partial charge < -0.3 is 9.47 Å². The molecular formula is C56H38N2. The molecule has 0 aliphatic carbocycles. The summed E-state index contributed by atoms with van der Waals surface area (Å²) in [4.78, 5) is 2.44. The fraction of sp³-hybridized carbons (Fsp3) is 0. The first-order chi connectivity index (χ1) is 28.7. The lowest BCUT2D eigenvalue weighted by Gasteiger charge is -2.29. The topological polar surface area (TPSA) is 8.17 Å². The maximum absolute atomic E-state index is 2.44. The Hall–Kier alpha value is -7.68. The van der Waals surface area contributed by atoms with Gasteiger partial charge in [-0.05, 0) is 116 Å².